The molecule has 0 N–H and O–H groups in total. The standard InChI is InChI=1S/C15H9BrF2O2/c16-10-3-1-2-9(6-10)14(19)8-15(20)12-5-4-11(17)7-13(12)18/h1-7H,8H2. The topological polar surface area (TPSA) is 34.1 Å². The van der Waals surface area contributed by atoms with Crippen LogP contribution in [0.25, 0.3) is 0 Å². The highest BCUT2D eigenvalue weighted by atomic mass is 79.9. The highest BCUT2D eigenvalue weighted by Gasteiger charge is 2.17. The predicted molar refractivity (Wildman–Crippen MR) is 73.8 cm³/mol. The van der Waals surface area contributed by atoms with E-state index in [1.165, 1.54) is 0 Å². The van der Waals surface area contributed by atoms with Crippen LogP contribution in [0.15, 0.2) is 46.9 Å². The van der Waals surface area contributed by atoms with Crippen LogP contribution < -0.4 is 0 Å². The summed E-state index contributed by atoms with van der Waals surface area (Å²) in [7, 11) is 0. The van der Waals surface area contributed by atoms with Gasteiger partial charge in [0.25, 0.3) is 0 Å². The lowest BCUT2D eigenvalue weighted by molar-refractivity contribution is 0.0892. The number of rotatable bonds is 4. The van der Waals surface area contributed by atoms with Crippen molar-refractivity contribution in [3.63, 3.8) is 0 Å². The van der Waals surface area contributed by atoms with E-state index in [2.05, 4.69) is 15.9 Å². The van der Waals surface area contributed by atoms with E-state index in [9.17, 15) is 18.4 Å². The van der Waals surface area contributed by atoms with Gasteiger partial charge in [-0.05, 0) is 24.3 Å². The van der Waals surface area contributed by atoms with Gasteiger partial charge >= 0.3 is 0 Å². The molecular formula is C15H9BrF2O2. The second-order valence-corrected chi connectivity index (χ2v) is 5.07. The third kappa shape index (κ3) is 3.36. The van der Waals surface area contributed by atoms with E-state index >= 15 is 0 Å². The van der Waals surface area contributed by atoms with Gasteiger partial charge in [-0.2, -0.15) is 0 Å². The van der Waals surface area contributed by atoms with Crippen LogP contribution in [0, 0.1) is 11.6 Å². The summed E-state index contributed by atoms with van der Waals surface area (Å²) in [6.45, 7) is 0. The van der Waals surface area contributed by atoms with Gasteiger partial charge in [0.1, 0.15) is 11.6 Å². The van der Waals surface area contributed by atoms with Crippen molar-refractivity contribution in [1.29, 1.82) is 0 Å². The molecule has 0 heterocycles. The third-order valence-corrected chi connectivity index (χ3v) is 3.19. The van der Waals surface area contributed by atoms with Crippen molar-refractivity contribution >= 4 is 27.5 Å². The Morgan fingerprint density at radius 1 is 1.00 bits per heavy atom. The summed E-state index contributed by atoms with van der Waals surface area (Å²) >= 11 is 3.22. The molecule has 20 heavy (non-hydrogen) atoms. The first kappa shape index (κ1) is 14.5. The zero-order valence-electron chi connectivity index (χ0n) is 10.2. The smallest absolute Gasteiger partial charge is 0.173 e. The summed E-state index contributed by atoms with van der Waals surface area (Å²) in [5.74, 6) is -2.82. The number of benzene rings is 2. The second-order valence-electron chi connectivity index (χ2n) is 4.16. The van der Waals surface area contributed by atoms with E-state index in [4.69, 9.17) is 0 Å². The second kappa shape index (κ2) is 6.05. The van der Waals surface area contributed by atoms with Gasteiger partial charge in [-0.1, -0.05) is 28.1 Å². The molecule has 0 bridgehead atoms. The zero-order valence-corrected chi connectivity index (χ0v) is 11.8. The number of carbonyl (C=O) groups is 2. The number of halogens is 3. The van der Waals surface area contributed by atoms with Gasteiger partial charge in [-0.3, -0.25) is 9.59 Å². The van der Waals surface area contributed by atoms with Crippen LogP contribution in [0.3, 0.4) is 0 Å². The Morgan fingerprint density at radius 2 is 1.75 bits per heavy atom. The van der Waals surface area contributed by atoms with E-state index in [0.717, 1.165) is 12.1 Å². The van der Waals surface area contributed by atoms with Gasteiger partial charge < -0.3 is 0 Å². The molecule has 0 saturated heterocycles. The molecular weight excluding hydrogens is 330 g/mol. The SMILES string of the molecule is O=C(CC(=O)c1ccc(F)cc1F)c1cccc(Br)c1. The third-order valence-electron chi connectivity index (χ3n) is 2.70. The normalized spacial score (nSPS) is 10.3. The van der Waals surface area contributed by atoms with Gasteiger partial charge in [0, 0.05) is 16.1 Å². The highest BCUT2D eigenvalue weighted by molar-refractivity contribution is 9.10. The van der Waals surface area contributed by atoms with Crippen molar-refractivity contribution in [3.05, 3.63) is 69.7 Å². The fourth-order valence-electron chi connectivity index (χ4n) is 1.72. The molecule has 2 aromatic carbocycles. The van der Waals surface area contributed by atoms with Crippen molar-refractivity contribution in [1.82, 2.24) is 0 Å². The highest BCUT2D eigenvalue weighted by Crippen LogP contribution is 2.16. The van der Waals surface area contributed by atoms with Crippen LogP contribution in [0.2, 0.25) is 0 Å². The van der Waals surface area contributed by atoms with Gasteiger partial charge in [-0.25, -0.2) is 8.78 Å². The first-order valence-corrected chi connectivity index (χ1v) is 6.53. The Bertz CT molecular complexity index is 683. The quantitative estimate of drug-likeness (QED) is 0.619. The minimum atomic E-state index is -0.961. The van der Waals surface area contributed by atoms with Gasteiger partial charge in [0.05, 0.1) is 12.0 Å². The monoisotopic (exact) mass is 338 g/mol. The van der Waals surface area contributed by atoms with Crippen molar-refractivity contribution in [2.45, 2.75) is 6.42 Å². The van der Waals surface area contributed by atoms with Crippen molar-refractivity contribution < 1.29 is 18.4 Å². The molecule has 0 unspecified atom stereocenters. The average Bonchev–Trinajstić information content (AvgIpc) is 2.38. The van der Waals surface area contributed by atoms with E-state index in [-0.39, 0.29) is 5.56 Å². The molecule has 0 fully saturated rings. The molecule has 0 aromatic heterocycles. The molecule has 0 aliphatic rings. The molecule has 2 rings (SSSR count). The lowest BCUT2D eigenvalue weighted by atomic mass is 10.0. The van der Waals surface area contributed by atoms with E-state index < -0.39 is 29.6 Å². The number of hydrogen-bond donors (Lipinski definition) is 0. The van der Waals surface area contributed by atoms with Gasteiger partial charge in [-0.15, -0.1) is 0 Å². The van der Waals surface area contributed by atoms with Crippen LogP contribution in [0.1, 0.15) is 27.1 Å². The number of ketones is 2. The Balaban J connectivity index is 2.17. The van der Waals surface area contributed by atoms with Crippen LogP contribution in [-0.2, 0) is 0 Å². The van der Waals surface area contributed by atoms with Crippen LogP contribution in [0.4, 0.5) is 8.78 Å². The molecule has 102 valence electrons. The minimum absolute atomic E-state index is 0.283. The predicted octanol–water partition coefficient (Wildman–Crippen LogP) is 4.18. The van der Waals surface area contributed by atoms with Crippen molar-refractivity contribution in [3.8, 4) is 0 Å². The molecule has 5 heteroatoms. The molecule has 2 aromatic rings. The number of hydrogen-bond acceptors (Lipinski definition) is 2. The molecule has 0 radical (unpaired) electrons. The fourth-order valence-corrected chi connectivity index (χ4v) is 2.12. The molecule has 0 aliphatic heterocycles. The zero-order chi connectivity index (χ0) is 14.7. The maximum atomic E-state index is 13.4. The molecule has 0 amide bonds. The first-order chi connectivity index (χ1) is 9.47. The molecule has 0 aliphatic carbocycles. The Hall–Kier alpha value is -1.88. The van der Waals surface area contributed by atoms with Gasteiger partial charge in [0.2, 0.25) is 0 Å². The van der Waals surface area contributed by atoms with E-state index in [1.54, 1.807) is 24.3 Å². The average molecular weight is 339 g/mol. The summed E-state index contributed by atoms with van der Waals surface area (Å²) in [6, 6.07) is 9.22. The first-order valence-electron chi connectivity index (χ1n) is 5.74. The molecule has 0 atom stereocenters. The summed E-state index contributed by atoms with van der Waals surface area (Å²) in [6.07, 6.45) is -0.459. The van der Waals surface area contributed by atoms with Crippen LogP contribution >= 0.6 is 15.9 Å². The van der Waals surface area contributed by atoms with Crippen LogP contribution in [0.5, 0.6) is 0 Å². The molecule has 0 spiro atoms. The maximum absolute atomic E-state index is 13.4. The number of carbonyl (C=O) groups excluding carboxylic acids is 2. The molecule has 2 nitrogen and oxygen atoms in total. The van der Waals surface area contributed by atoms with E-state index in [0.29, 0.717) is 16.1 Å². The largest absolute Gasteiger partial charge is 0.294 e. The fraction of sp³-hybridized carbons (Fsp3) is 0.0667. The lowest BCUT2D eigenvalue weighted by Crippen LogP contribution is -2.10. The van der Waals surface area contributed by atoms with Gasteiger partial charge in [0.15, 0.2) is 11.6 Å². The Kier molecular flexibility index (Phi) is 4.39. The van der Waals surface area contributed by atoms with Crippen molar-refractivity contribution in [2.24, 2.45) is 0 Å². The van der Waals surface area contributed by atoms with E-state index in [1.807, 2.05) is 0 Å². The van der Waals surface area contributed by atoms with Crippen molar-refractivity contribution in [2.75, 3.05) is 0 Å². The number of Topliss-reactive ketones (excluding diaryl/α,β-unsaturated/α-hetero) is 2. The Morgan fingerprint density at radius 3 is 2.40 bits per heavy atom. The molecule has 0 saturated carbocycles. The summed E-state index contributed by atoms with van der Waals surface area (Å²) < 4.78 is 26.9. The summed E-state index contributed by atoms with van der Waals surface area (Å²) in [5, 5.41) is 0. The summed E-state index contributed by atoms with van der Waals surface area (Å²) in [4.78, 5) is 23.8. The Labute approximate surface area is 122 Å². The lowest BCUT2D eigenvalue weighted by Gasteiger charge is -2.03. The van der Waals surface area contributed by atoms with Crippen LogP contribution in [-0.4, -0.2) is 11.6 Å². The maximum Gasteiger partial charge on any atom is 0.173 e. The summed E-state index contributed by atoms with van der Waals surface area (Å²) in [5.41, 5.74) is 0.0741. The minimum Gasteiger partial charge on any atom is -0.294 e.